The SMILES string of the molecule is CC(C)CN(CCC#N)S(=O)(=O)Cc1ccccc1. The van der Waals surface area contributed by atoms with Crippen molar-refractivity contribution in [3.8, 4) is 6.07 Å². The van der Waals surface area contributed by atoms with Crippen molar-refractivity contribution >= 4 is 10.0 Å². The third-order valence-electron chi connectivity index (χ3n) is 2.63. The molecule has 1 rings (SSSR count). The molecule has 104 valence electrons. The molecule has 19 heavy (non-hydrogen) atoms. The van der Waals surface area contributed by atoms with E-state index in [1.54, 1.807) is 12.1 Å². The second-order valence-electron chi connectivity index (χ2n) is 4.90. The number of nitrogens with zero attached hydrogens (tertiary/aromatic N) is 2. The van der Waals surface area contributed by atoms with Crippen LogP contribution in [0.1, 0.15) is 25.8 Å². The van der Waals surface area contributed by atoms with Gasteiger partial charge in [0.15, 0.2) is 0 Å². The second-order valence-corrected chi connectivity index (χ2v) is 6.87. The molecule has 0 aliphatic heterocycles. The largest absolute Gasteiger partial charge is 0.218 e. The maximum atomic E-state index is 12.4. The molecular formula is C14H20N2O2S. The summed E-state index contributed by atoms with van der Waals surface area (Å²) < 4.78 is 26.1. The lowest BCUT2D eigenvalue weighted by atomic mass is 10.2. The van der Waals surface area contributed by atoms with Crippen LogP contribution in [0.4, 0.5) is 0 Å². The Kier molecular flexibility index (Phi) is 6.00. The number of rotatable bonds is 7. The fourth-order valence-corrected chi connectivity index (χ4v) is 3.49. The molecule has 0 amide bonds. The van der Waals surface area contributed by atoms with Gasteiger partial charge in [-0.1, -0.05) is 44.2 Å². The molecule has 0 heterocycles. The van der Waals surface area contributed by atoms with E-state index in [0.29, 0.717) is 6.54 Å². The molecule has 1 aromatic rings. The number of hydrogen-bond donors (Lipinski definition) is 0. The molecule has 0 fully saturated rings. The minimum Gasteiger partial charge on any atom is -0.212 e. The summed E-state index contributed by atoms with van der Waals surface area (Å²) in [6.45, 7) is 4.66. The lowest BCUT2D eigenvalue weighted by Crippen LogP contribution is -2.35. The summed E-state index contributed by atoms with van der Waals surface area (Å²) in [5, 5.41) is 8.63. The number of nitriles is 1. The third-order valence-corrected chi connectivity index (χ3v) is 4.44. The van der Waals surface area contributed by atoms with Crippen LogP contribution >= 0.6 is 0 Å². The first-order valence-electron chi connectivity index (χ1n) is 6.34. The highest BCUT2D eigenvalue weighted by Crippen LogP contribution is 2.13. The summed E-state index contributed by atoms with van der Waals surface area (Å²) in [5.74, 6) is 0.232. The Hall–Kier alpha value is -1.38. The molecule has 0 bridgehead atoms. The Balaban J connectivity index is 2.83. The van der Waals surface area contributed by atoms with Crippen molar-refractivity contribution < 1.29 is 8.42 Å². The van der Waals surface area contributed by atoms with Gasteiger partial charge in [-0.3, -0.25) is 0 Å². The van der Waals surface area contributed by atoms with Gasteiger partial charge < -0.3 is 0 Å². The molecule has 1 aromatic carbocycles. The molecule has 0 atom stereocenters. The molecule has 4 nitrogen and oxygen atoms in total. The molecule has 0 radical (unpaired) electrons. The van der Waals surface area contributed by atoms with E-state index >= 15 is 0 Å². The van der Waals surface area contributed by atoms with Crippen LogP contribution in [0.5, 0.6) is 0 Å². The van der Waals surface area contributed by atoms with Crippen molar-refractivity contribution in [2.45, 2.75) is 26.0 Å². The van der Waals surface area contributed by atoms with Crippen molar-refractivity contribution in [3.05, 3.63) is 35.9 Å². The van der Waals surface area contributed by atoms with Gasteiger partial charge in [-0.05, 0) is 11.5 Å². The van der Waals surface area contributed by atoms with Gasteiger partial charge in [0.2, 0.25) is 10.0 Å². The van der Waals surface area contributed by atoms with Crippen molar-refractivity contribution in [1.29, 1.82) is 5.26 Å². The zero-order chi connectivity index (χ0) is 14.3. The molecule has 0 spiro atoms. The number of sulfonamides is 1. The van der Waals surface area contributed by atoms with Crippen LogP contribution in [-0.4, -0.2) is 25.8 Å². The molecule has 0 saturated carbocycles. The maximum Gasteiger partial charge on any atom is 0.218 e. The maximum absolute atomic E-state index is 12.4. The molecule has 0 aliphatic carbocycles. The van der Waals surface area contributed by atoms with Crippen LogP contribution in [0.3, 0.4) is 0 Å². The Morgan fingerprint density at radius 3 is 2.42 bits per heavy atom. The normalized spacial score (nSPS) is 11.7. The zero-order valence-electron chi connectivity index (χ0n) is 11.4. The molecular weight excluding hydrogens is 260 g/mol. The van der Waals surface area contributed by atoms with Gasteiger partial charge >= 0.3 is 0 Å². The summed E-state index contributed by atoms with van der Waals surface area (Å²) >= 11 is 0. The lowest BCUT2D eigenvalue weighted by molar-refractivity contribution is 0.372. The summed E-state index contributed by atoms with van der Waals surface area (Å²) in [6.07, 6.45) is 0.223. The summed E-state index contributed by atoms with van der Waals surface area (Å²) in [5.41, 5.74) is 0.771. The van der Waals surface area contributed by atoms with Crippen LogP contribution in [0, 0.1) is 17.2 Å². The third kappa shape index (κ3) is 5.41. The predicted molar refractivity (Wildman–Crippen MR) is 75.7 cm³/mol. The highest BCUT2D eigenvalue weighted by atomic mass is 32.2. The van der Waals surface area contributed by atoms with Gasteiger partial charge in [0.25, 0.3) is 0 Å². The van der Waals surface area contributed by atoms with E-state index in [9.17, 15) is 8.42 Å². The van der Waals surface area contributed by atoms with Crippen molar-refractivity contribution in [1.82, 2.24) is 4.31 Å². The van der Waals surface area contributed by atoms with Crippen LogP contribution in [0.15, 0.2) is 30.3 Å². The predicted octanol–water partition coefficient (Wildman–Crippen LogP) is 2.39. The molecule has 0 aliphatic rings. The van der Waals surface area contributed by atoms with E-state index in [-0.39, 0.29) is 24.6 Å². The van der Waals surface area contributed by atoms with Gasteiger partial charge in [0.1, 0.15) is 0 Å². The minimum absolute atomic E-state index is 0.00795. The van der Waals surface area contributed by atoms with Gasteiger partial charge in [0.05, 0.1) is 11.8 Å². The van der Waals surface area contributed by atoms with Crippen LogP contribution < -0.4 is 0 Å². The van der Waals surface area contributed by atoms with E-state index < -0.39 is 10.0 Å². The number of benzene rings is 1. The summed E-state index contributed by atoms with van der Waals surface area (Å²) in [6, 6.07) is 11.1. The van der Waals surface area contributed by atoms with Gasteiger partial charge in [-0.2, -0.15) is 5.26 Å². The van der Waals surface area contributed by atoms with E-state index in [1.807, 2.05) is 38.1 Å². The minimum atomic E-state index is -3.36. The molecule has 5 heteroatoms. The van der Waals surface area contributed by atoms with Crippen LogP contribution in [-0.2, 0) is 15.8 Å². The van der Waals surface area contributed by atoms with Crippen molar-refractivity contribution in [3.63, 3.8) is 0 Å². The van der Waals surface area contributed by atoms with E-state index in [0.717, 1.165) is 5.56 Å². The average molecular weight is 280 g/mol. The first kappa shape index (κ1) is 15.7. The van der Waals surface area contributed by atoms with Crippen molar-refractivity contribution in [2.75, 3.05) is 13.1 Å². The van der Waals surface area contributed by atoms with Gasteiger partial charge in [-0.15, -0.1) is 0 Å². The van der Waals surface area contributed by atoms with Crippen molar-refractivity contribution in [2.24, 2.45) is 5.92 Å². The Morgan fingerprint density at radius 2 is 1.89 bits per heavy atom. The Labute approximate surface area is 115 Å². The highest BCUT2D eigenvalue weighted by molar-refractivity contribution is 7.88. The fourth-order valence-electron chi connectivity index (χ4n) is 1.80. The molecule has 0 aromatic heterocycles. The zero-order valence-corrected chi connectivity index (χ0v) is 12.2. The standard InChI is InChI=1S/C14H20N2O2S/c1-13(2)11-16(10-6-9-15)19(17,18)12-14-7-4-3-5-8-14/h3-5,7-8,13H,6,10-12H2,1-2H3. The van der Waals surface area contributed by atoms with Crippen LogP contribution in [0.2, 0.25) is 0 Å². The Bertz CT molecular complexity index is 518. The Morgan fingerprint density at radius 1 is 1.26 bits per heavy atom. The lowest BCUT2D eigenvalue weighted by Gasteiger charge is -2.23. The molecule has 0 unspecified atom stereocenters. The fraction of sp³-hybridized carbons (Fsp3) is 0.500. The van der Waals surface area contributed by atoms with E-state index in [4.69, 9.17) is 5.26 Å². The second kappa shape index (κ2) is 7.27. The first-order chi connectivity index (χ1) is 8.95. The monoisotopic (exact) mass is 280 g/mol. The summed E-state index contributed by atoms with van der Waals surface area (Å²) in [4.78, 5) is 0. The van der Waals surface area contributed by atoms with Crippen LogP contribution in [0.25, 0.3) is 0 Å². The molecule has 0 saturated heterocycles. The van der Waals surface area contributed by atoms with E-state index in [1.165, 1.54) is 4.31 Å². The number of hydrogen-bond acceptors (Lipinski definition) is 3. The van der Waals surface area contributed by atoms with Gasteiger partial charge in [0, 0.05) is 19.5 Å². The average Bonchev–Trinajstić information content (AvgIpc) is 2.34. The van der Waals surface area contributed by atoms with Gasteiger partial charge in [-0.25, -0.2) is 12.7 Å². The first-order valence-corrected chi connectivity index (χ1v) is 7.95. The highest BCUT2D eigenvalue weighted by Gasteiger charge is 2.22. The summed E-state index contributed by atoms with van der Waals surface area (Å²) in [7, 11) is -3.36. The van der Waals surface area contributed by atoms with E-state index in [2.05, 4.69) is 0 Å². The smallest absolute Gasteiger partial charge is 0.212 e. The topological polar surface area (TPSA) is 61.2 Å². The quantitative estimate of drug-likeness (QED) is 0.770. The molecule has 0 N–H and O–H groups in total.